The number of benzene rings is 1. The Morgan fingerprint density at radius 1 is 1.09 bits per heavy atom. The first-order chi connectivity index (χ1) is 16.9. The van der Waals surface area contributed by atoms with Gasteiger partial charge >= 0.3 is 0 Å². The van der Waals surface area contributed by atoms with Gasteiger partial charge in [0, 0.05) is 37.3 Å². The van der Waals surface area contributed by atoms with E-state index in [9.17, 15) is 15.0 Å². The van der Waals surface area contributed by atoms with Gasteiger partial charge in [-0.1, -0.05) is 6.07 Å². The first-order valence-corrected chi connectivity index (χ1v) is 13.5. The van der Waals surface area contributed by atoms with Crippen molar-refractivity contribution in [3.05, 3.63) is 47.3 Å². The van der Waals surface area contributed by atoms with Crippen molar-refractivity contribution in [3.8, 4) is 5.75 Å². The zero-order chi connectivity index (χ0) is 23.8. The van der Waals surface area contributed by atoms with Crippen molar-refractivity contribution in [2.24, 2.45) is 5.92 Å². The average Bonchev–Trinajstić information content (AvgIpc) is 3.76. The third kappa shape index (κ3) is 3.53. The van der Waals surface area contributed by atoms with E-state index < -0.39 is 11.0 Å². The molecule has 0 unspecified atom stereocenters. The molecule has 5 aliphatic rings. The zero-order valence-corrected chi connectivity index (χ0v) is 20.4. The molecular weight excluding hydrogens is 440 g/mol. The molecule has 7 rings (SSSR count). The summed E-state index contributed by atoms with van der Waals surface area (Å²) < 4.78 is 1.78. The van der Waals surface area contributed by atoms with Crippen molar-refractivity contribution in [2.75, 3.05) is 26.2 Å². The Bertz CT molecular complexity index is 1150. The number of rotatable bonds is 5. The summed E-state index contributed by atoms with van der Waals surface area (Å²) in [4.78, 5) is 17.9. The van der Waals surface area contributed by atoms with Gasteiger partial charge in [0.1, 0.15) is 12.3 Å². The quantitative estimate of drug-likeness (QED) is 0.694. The highest BCUT2D eigenvalue weighted by molar-refractivity contribution is 5.76. The van der Waals surface area contributed by atoms with E-state index in [0.717, 1.165) is 43.8 Å². The number of carbonyl (C=O) groups is 1. The molecule has 3 atom stereocenters. The summed E-state index contributed by atoms with van der Waals surface area (Å²) in [6.45, 7) is 3.50. The normalized spacial score (nSPS) is 32.6. The van der Waals surface area contributed by atoms with Crippen LogP contribution in [0.25, 0.3) is 0 Å². The molecule has 2 bridgehead atoms. The molecule has 1 aromatic carbocycles. The molecule has 2 aromatic rings. The Hall–Kier alpha value is -2.38. The number of aliphatic hydroxyl groups is 1. The van der Waals surface area contributed by atoms with Gasteiger partial charge in [-0.25, -0.2) is 0 Å². The molecular formula is C28H36N4O3. The van der Waals surface area contributed by atoms with Gasteiger partial charge in [0.05, 0.1) is 11.8 Å². The molecule has 186 valence electrons. The number of aromatic nitrogens is 2. The predicted molar refractivity (Wildman–Crippen MR) is 131 cm³/mol. The second-order valence-corrected chi connectivity index (χ2v) is 11.9. The number of likely N-dealkylation sites (tertiary alicyclic amines) is 2. The summed E-state index contributed by atoms with van der Waals surface area (Å²) in [6.07, 6.45) is 12.0. The minimum atomic E-state index is -0.902. The number of carbonyl (C=O) groups excluding carboxylic acids is 1. The molecule has 4 fully saturated rings. The molecule has 2 saturated heterocycles. The van der Waals surface area contributed by atoms with Crippen LogP contribution in [0.4, 0.5) is 0 Å². The third-order valence-electron chi connectivity index (χ3n) is 9.78. The monoisotopic (exact) mass is 476 g/mol. The van der Waals surface area contributed by atoms with Crippen molar-refractivity contribution < 1.29 is 15.0 Å². The van der Waals surface area contributed by atoms with Crippen molar-refractivity contribution in [3.63, 3.8) is 0 Å². The molecule has 1 aromatic heterocycles. The highest BCUT2D eigenvalue weighted by Gasteiger charge is 2.63. The number of amides is 1. The molecule has 0 radical (unpaired) electrons. The Labute approximate surface area is 206 Å². The maximum absolute atomic E-state index is 13.4. The van der Waals surface area contributed by atoms with E-state index in [1.54, 1.807) is 10.7 Å². The largest absolute Gasteiger partial charge is 0.508 e. The van der Waals surface area contributed by atoms with E-state index >= 15 is 0 Å². The molecule has 2 N–H and O–H groups in total. The fourth-order valence-electron chi connectivity index (χ4n) is 7.45. The number of piperidine rings is 1. The van der Waals surface area contributed by atoms with Gasteiger partial charge in [0.15, 0.2) is 0 Å². The second-order valence-electron chi connectivity index (χ2n) is 11.9. The van der Waals surface area contributed by atoms with E-state index in [-0.39, 0.29) is 24.2 Å². The fraction of sp³-hybridized carbons (Fsp3) is 0.643. The number of hydrogen-bond acceptors (Lipinski definition) is 5. The summed E-state index contributed by atoms with van der Waals surface area (Å²) in [5.74, 6) is 1.74. The van der Waals surface area contributed by atoms with Gasteiger partial charge < -0.3 is 15.1 Å². The van der Waals surface area contributed by atoms with Crippen LogP contribution in [-0.4, -0.2) is 73.5 Å². The van der Waals surface area contributed by atoms with Crippen LogP contribution in [0.15, 0.2) is 30.6 Å². The summed E-state index contributed by atoms with van der Waals surface area (Å²) in [5.41, 5.74) is 2.28. The first-order valence-electron chi connectivity index (χ1n) is 13.5. The Morgan fingerprint density at radius 3 is 2.69 bits per heavy atom. The molecule has 7 heteroatoms. The average molecular weight is 477 g/mol. The van der Waals surface area contributed by atoms with Crippen molar-refractivity contribution in [2.45, 2.75) is 80.9 Å². The Balaban J connectivity index is 1.18. The standard InChI is InChI=1S/C28H36N4O3/c33-23-6-5-21-13-25-28(35)9-12-30(26(34)18-32-17-22(15-29-32)20-3-4-20)10-7-27(28,24(21)14-23)8-11-31(25)16-19-1-2-19/h5-6,14-15,17,19-20,25,33,35H,1-4,7-13,16,18H2/t25-,27+,28-/m1/s1. The molecule has 35 heavy (non-hydrogen) atoms. The molecule has 3 heterocycles. The van der Waals surface area contributed by atoms with Crippen LogP contribution in [0.3, 0.4) is 0 Å². The van der Waals surface area contributed by atoms with Crippen LogP contribution in [0.2, 0.25) is 0 Å². The van der Waals surface area contributed by atoms with Crippen LogP contribution in [0.5, 0.6) is 5.75 Å². The van der Waals surface area contributed by atoms with E-state index in [1.807, 2.05) is 23.4 Å². The predicted octanol–water partition coefficient (Wildman–Crippen LogP) is 2.80. The summed E-state index contributed by atoms with van der Waals surface area (Å²) in [6, 6.07) is 5.81. The first kappa shape index (κ1) is 21.9. The summed E-state index contributed by atoms with van der Waals surface area (Å²) >= 11 is 0. The lowest BCUT2D eigenvalue weighted by atomic mass is 9.52. The molecule has 3 aliphatic carbocycles. The lowest BCUT2D eigenvalue weighted by Gasteiger charge is -2.61. The highest BCUT2D eigenvalue weighted by atomic mass is 16.3. The van der Waals surface area contributed by atoms with Crippen molar-refractivity contribution in [1.29, 1.82) is 0 Å². The van der Waals surface area contributed by atoms with E-state index in [2.05, 4.69) is 16.1 Å². The smallest absolute Gasteiger partial charge is 0.244 e. The minimum absolute atomic E-state index is 0.0659. The number of fused-ring (bicyclic) bond motifs is 1. The lowest BCUT2D eigenvalue weighted by molar-refractivity contribution is -0.149. The van der Waals surface area contributed by atoms with Crippen LogP contribution in [-0.2, 0) is 23.2 Å². The fourth-order valence-corrected chi connectivity index (χ4v) is 7.45. The van der Waals surface area contributed by atoms with Crippen molar-refractivity contribution >= 4 is 5.91 Å². The molecule has 7 nitrogen and oxygen atoms in total. The number of hydrogen-bond donors (Lipinski definition) is 2. The molecule has 2 saturated carbocycles. The minimum Gasteiger partial charge on any atom is -0.508 e. The topological polar surface area (TPSA) is 81.8 Å². The van der Waals surface area contributed by atoms with E-state index in [1.165, 1.54) is 36.8 Å². The van der Waals surface area contributed by atoms with Crippen LogP contribution >= 0.6 is 0 Å². The van der Waals surface area contributed by atoms with E-state index in [4.69, 9.17) is 0 Å². The van der Waals surface area contributed by atoms with Crippen LogP contribution in [0, 0.1) is 5.92 Å². The maximum atomic E-state index is 13.4. The number of phenols is 1. The van der Waals surface area contributed by atoms with Gasteiger partial charge in [-0.15, -0.1) is 0 Å². The Kier molecular flexibility index (Phi) is 4.88. The van der Waals surface area contributed by atoms with Gasteiger partial charge in [-0.2, -0.15) is 5.10 Å². The summed E-state index contributed by atoms with van der Waals surface area (Å²) in [5, 5.41) is 27.4. The third-order valence-corrected chi connectivity index (χ3v) is 9.78. The van der Waals surface area contributed by atoms with Gasteiger partial charge in [-0.05, 0) is 98.6 Å². The molecule has 0 spiro atoms. The number of aromatic hydroxyl groups is 1. The lowest BCUT2D eigenvalue weighted by Crippen LogP contribution is -2.71. The number of phenolic OH excluding ortho intramolecular Hbond substituents is 1. The van der Waals surface area contributed by atoms with Crippen LogP contribution in [0.1, 0.15) is 67.6 Å². The highest BCUT2D eigenvalue weighted by Crippen LogP contribution is 2.56. The van der Waals surface area contributed by atoms with Gasteiger partial charge in [-0.3, -0.25) is 14.4 Å². The maximum Gasteiger partial charge on any atom is 0.244 e. The Morgan fingerprint density at radius 2 is 1.89 bits per heavy atom. The SMILES string of the molecule is O=C(Cn1cc(C2CC2)cn1)N1CC[C@]23CCN(CC4CC4)[C@H](Cc4ccc(O)cc42)[C@]3(O)CC1. The van der Waals surface area contributed by atoms with E-state index in [0.29, 0.717) is 25.4 Å². The summed E-state index contributed by atoms with van der Waals surface area (Å²) in [7, 11) is 0. The number of nitrogens with zero attached hydrogens (tertiary/aromatic N) is 4. The second kappa shape index (κ2) is 7.81. The molecule has 1 amide bonds. The van der Waals surface area contributed by atoms with Crippen molar-refractivity contribution in [1.82, 2.24) is 19.6 Å². The van der Waals surface area contributed by atoms with Crippen LogP contribution < -0.4 is 0 Å². The van der Waals surface area contributed by atoms with Gasteiger partial charge in [0.2, 0.25) is 5.91 Å². The zero-order valence-electron chi connectivity index (χ0n) is 20.4. The van der Waals surface area contributed by atoms with Gasteiger partial charge in [0.25, 0.3) is 0 Å². The molecule has 2 aliphatic heterocycles.